The van der Waals surface area contributed by atoms with Crippen LogP contribution in [0.5, 0.6) is 0 Å². The van der Waals surface area contributed by atoms with Gasteiger partial charge in [0, 0.05) is 49.2 Å². The first kappa shape index (κ1) is 21.5. The van der Waals surface area contributed by atoms with Crippen LogP contribution in [0.4, 0.5) is 10.1 Å². The number of carbonyl (C=O) groups excluding carboxylic acids is 1. The Morgan fingerprint density at radius 2 is 1.90 bits per heavy atom. The Hall–Kier alpha value is -2.77. The van der Waals surface area contributed by atoms with Gasteiger partial charge in [0.1, 0.15) is 11.5 Å². The molecule has 1 aromatic heterocycles. The third-order valence-electron chi connectivity index (χ3n) is 5.63. The molecule has 1 atom stereocenters. The van der Waals surface area contributed by atoms with Crippen molar-refractivity contribution in [2.75, 3.05) is 38.1 Å². The SMILES string of the molecule is CC(NC(=O)c1csc(Cc2ccccc2)n1)c1cc(F)ccc1N1CCN(C)CC1. The van der Waals surface area contributed by atoms with E-state index < -0.39 is 0 Å². The van der Waals surface area contributed by atoms with Gasteiger partial charge in [-0.1, -0.05) is 30.3 Å². The predicted molar refractivity (Wildman–Crippen MR) is 123 cm³/mol. The first-order valence-corrected chi connectivity index (χ1v) is 11.4. The molecule has 1 aliphatic rings. The number of anilines is 1. The molecule has 4 rings (SSSR count). The summed E-state index contributed by atoms with van der Waals surface area (Å²) in [5.41, 5.74) is 3.33. The largest absolute Gasteiger partial charge is 0.369 e. The molecule has 2 aromatic carbocycles. The molecule has 1 amide bonds. The van der Waals surface area contributed by atoms with E-state index >= 15 is 0 Å². The average molecular weight is 439 g/mol. The number of likely N-dealkylation sites (N-methyl/N-ethyl adjacent to an activating group) is 1. The second kappa shape index (κ2) is 9.58. The predicted octanol–water partition coefficient (Wildman–Crippen LogP) is 4.12. The summed E-state index contributed by atoms with van der Waals surface area (Å²) in [7, 11) is 2.10. The van der Waals surface area contributed by atoms with E-state index in [0.717, 1.165) is 48.0 Å². The summed E-state index contributed by atoms with van der Waals surface area (Å²) in [6.45, 7) is 5.57. The Morgan fingerprint density at radius 1 is 1.16 bits per heavy atom. The summed E-state index contributed by atoms with van der Waals surface area (Å²) in [6.07, 6.45) is 0.700. The van der Waals surface area contributed by atoms with E-state index in [1.807, 2.05) is 43.3 Å². The van der Waals surface area contributed by atoms with Gasteiger partial charge in [-0.15, -0.1) is 11.3 Å². The van der Waals surface area contributed by atoms with Gasteiger partial charge >= 0.3 is 0 Å². The van der Waals surface area contributed by atoms with Crippen LogP contribution in [0, 0.1) is 5.82 Å². The van der Waals surface area contributed by atoms with Crippen molar-refractivity contribution in [1.29, 1.82) is 0 Å². The molecular formula is C24H27FN4OS. The van der Waals surface area contributed by atoms with Crippen molar-refractivity contribution in [3.8, 4) is 0 Å². The maximum atomic E-state index is 14.1. The highest BCUT2D eigenvalue weighted by Crippen LogP contribution is 2.28. The van der Waals surface area contributed by atoms with Crippen molar-refractivity contribution in [2.24, 2.45) is 0 Å². The van der Waals surface area contributed by atoms with Crippen LogP contribution in [0.15, 0.2) is 53.9 Å². The summed E-state index contributed by atoms with van der Waals surface area (Å²) >= 11 is 1.48. The Morgan fingerprint density at radius 3 is 2.65 bits per heavy atom. The summed E-state index contributed by atoms with van der Waals surface area (Å²) < 4.78 is 14.1. The highest BCUT2D eigenvalue weighted by Gasteiger charge is 2.22. The number of piperazine rings is 1. The summed E-state index contributed by atoms with van der Waals surface area (Å²) in [5, 5.41) is 5.69. The second-order valence-corrected chi connectivity index (χ2v) is 8.92. The normalized spacial score (nSPS) is 15.6. The van der Waals surface area contributed by atoms with Gasteiger partial charge in [0.15, 0.2) is 0 Å². The zero-order valence-corrected chi connectivity index (χ0v) is 18.7. The van der Waals surface area contributed by atoms with Crippen LogP contribution < -0.4 is 10.2 Å². The molecular weight excluding hydrogens is 411 g/mol. The minimum atomic E-state index is -0.336. The van der Waals surface area contributed by atoms with Crippen LogP contribution in [0.1, 0.15) is 39.6 Å². The zero-order chi connectivity index (χ0) is 21.8. The molecule has 0 bridgehead atoms. The second-order valence-electron chi connectivity index (χ2n) is 7.98. The molecule has 3 aromatic rings. The maximum Gasteiger partial charge on any atom is 0.271 e. The number of benzene rings is 2. The van der Waals surface area contributed by atoms with Crippen LogP contribution in [0.25, 0.3) is 0 Å². The first-order valence-electron chi connectivity index (χ1n) is 10.5. The van der Waals surface area contributed by atoms with Gasteiger partial charge in [0.25, 0.3) is 5.91 Å². The quantitative estimate of drug-likeness (QED) is 0.629. The van der Waals surface area contributed by atoms with Gasteiger partial charge in [-0.3, -0.25) is 4.79 Å². The lowest BCUT2D eigenvalue weighted by molar-refractivity contribution is 0.0935. The Labute approximate surface area is 186 Å². The number of nitrogens with one attached hydrogen (secondary N) is 1. The summed E-state index contributed by atoms with van der Waals surface area (Å²) in [6, 6.07) is 14.6. The van der Waals surface area contributed by atoms with Gasteiger partial charge in [-0.05, 0) is 37.7 Å². The number of nitrogens with zero attached hydrogens (tertiary/aromatic N) is 3. The molecule has 0 saturated carbocycles. The van der Waals surface area contributed by atoms with Gasteiger partial charge in [0.05, 0.1) is 11.0 Å². The van der Waals surface area contributed by atoms with Crippen molar-refractivity contribution in [3.63, 3.8) is 0 Å². The van der Waals surface area contributed by atoms with Gasteiger partial charge in [0.2, 0.25) is 0 Å². The van der Waals surface area contributed by atoms with E-state index in [1.54, 1.807) is 5.38 Å². The minimum absolute atomic E-state index is 0.239. The number of amides is 1. The molecule has 7 heteroatoms. The Balaban J connectivity index is 1.46. The fourth-order valence-electron chi connectivity index (χ4n) is 3.82. The third-order valence-corrected chi connectivity index (χ3v) is 6.48. The Bertz CT molecular complexity index is 1030. The van der Waals surface area contributed by atoms with Crippen LogP contribution in [-0.2, 0) is 6.42 Å². The molecule has 31 heavy (non-hydrogen) atoms. The maximum absolute atomic E-state index is 14.1. The molecule has 0 aliphatic carbocycles. The number of rotatable bonds is 6. The zero-order valence-electron chi connectivity index (χ0n) is 17.8. The van der Waals surface area contributed by atoms with Gasteiger partial charge in [-0.25, -0.2) is 9.37 Å². The number of aromatic nitrogens is 1. The number of hydrogen-bond donors (Lipinski definition) is 1. The molecule has 1 aliphatic heterocycles. The lowest BCUT2D eigenvalue weighted by Gasteiger charge is -2.36. The van der Waals surface area contributed by atoms with E-state index in [4.69, 9.17) is 0 Å². The molecule has 2 heterocycles. The standard InChI is InChI=1S/C24H27FN4OS/c1-17(20-15-19(25)8-9-22(20)29-12-10-28(2)11-13-29)26-24(30)21-16-31-23(27-21)14-18-6-4-3-5-7-18/h3-9,15-17H,10-14H2,1-2H3,(H,26,30). The number of halogens is 1. The van der Waals surface area contributed by atoms with Crippen LogP contribution in [0.2, 0.25) is 0 Å². The van der Waals surface area contributed by atoms with Gasteiger partial charge in [-0.2, -0.15) is 0 Å². The van der Waals surface area contributed by atoms with E-state index in [1.165, 1.54) is 23.5 Å². The highest BCUT2D eigenvalue weighted by atomic mass is 32.1. The van der Waals surface area contributed by atoms with Gasteiger partial charge < -0.3 is 15.1 Å². The molecule has 1 fully saturated rings. The molecule has 1 unspecified atom stereocenters. The molecule has 0 spiro atoms. The van der Waals surface area contributed by atoms with E-state index in [2.05, 4.69) is 27.1 Å². The number of carbonyl (C=O) groups is 1. The monoisotopic (exact) mass is 438 g/mol. The smallest absolute Gasteiger partial charge is 0.271 e. The number of thiazole rings is 1. The molecule has 1 saturated heterocycles. The van der Waals surface area contributed by atoms with Crippen molar-refractivity contribution < 1.29 is 9.18 Å². The van der Waals surface area contributed by atoms with Crippen molar-refractivity contribution >= 4 is 22.9 Å². The molecule has 1 N–H and O–H groups in total. The Kier molecular flexibility index (Phi) is 6.63. The average Bonchev–Trinajstić information content (AvgIpc) is 3.24. The minimum Gasteiger partial charge on any atom is -0.369 e. The fourth-order valence-corrected chi connectivity index (χ4v) is 4.63. The van der Waals surface area contributed by atoms with E-state index in [0.29, 0.717) is 12.1 Å². The summed E-state index contributed by atoms with van der Waals surface area (Å²) in [4.78, 5) is 21.9. The summed E-state index contributed by atoms with van der Waals surface area (Å²) in [5.74, 6) is -0.538. The molecule has 162 valence electrons. The van der Waals surface area contributed by atoms with Crippen molar-refractivity contribution in [3.05, 3.63) is 81.6 Å². The lowest BCUT2D eigenvalue weighted by Crippen LogP contribution is -2.45. The van der Waals surface area contributed by atoms with Crippen molar-refractivity contribution in [1.82, 2.24) is 15.2 Å². The number of hydrogen-bond acceptors (Lipinski definition) is 5. The molecule has 0 radical (unpaired) electrons. The first-order chi connectivity index (χ1) is 15.0. The van der Waals surface area contributed by atoms with E-state index in [-0.39, 0.29) is 17.8 Å². The van der Waals surface area contributed by atoms with Crippen molar-refractivity contribution in [2.45, 2.75) is 19.4 Å². The van der Waals surface area contributed by atoms with Crippen LogP contribution in [-0.4, -0.2) is 49.0 Å². The fraction of sp³-hybridized carbons (Fsp3) is 0.333. The topological polar surface area (TPSA) is 48.5 Å². The van der Waals surface area contributed by atoms with Crippen LogP contribution >= 0.6 is 11.3 Å². The highest BCUT2D eigenvalue weighted by molar-refractivity contribution is 7.09. The third kappa shape index (κ3) is 5.29. The van der Waals surface area contributed by atoms with E-state index in [9.17, 15) is 9.18 Å². The lowest BCUT2D eigenvalue weighted by atomic mass is 10.0. The van der Waals surface area contributed by atoms with Crippen LogP contribution in [0.3, 0.4) is 0 Å². The molecule has 5 nitrogen and oxygen atoms in total.